The number of anilines is 1. The van der Waals surface area contributed by atoms with Gasteiger partial charge in [0.25, 0.3) is 5.91 Å². The highest BCUT2D eigenvalue weighted by atomic mass is 16.5. The number of benzene rings is 1. The third-order valence-corrected chi connectivity index (χ3v) is 4.70. The number of ether oxygens (including phenoxy) is 1. The van der Waals surface area contributed by atoms with E-state index in [-0.39, 0.29) is 5.91 Å². The molecule has 5 nitrogen and oxygen atoms in total. The van der Waals surface area contributed by atoms with Crippen LogP contribution >= 0.6 is 0 Å². The van der Waals surface area contributed by atoms with Gasteiger partial charge in [-0.1, -0.05) is 12.1 Å². The van der Waals surface area contributed by atoms with Crippen LogP contribution in [0.4, 0.5) is 5.82 Å². The molecular formula is C20H25N3O2. The summed E-state index contributed by atoms with van der Waals surface area (Å²) in [5.41, 5.74) is 2.39. The number of aryl methyl sites for hydroxylation is 2. The number of nitrogens with zero attached hydrogens (tertiary/aromatic N) is 3. The molecule has 3 rings (SSSR count). The number of carbonyl (C=O) groups excluding carboxylic acids is 1. The standard InChI is InChI=1S/C20H25N3O2/c1-15-7-8-18(14-16(15)2)25-17(3)20(24)23-12-10-22(11-13-23)19-6-4-5-9-21-19/h4-9,14,17H,10-13H2,1-3H3/t17-/m0/s1. The molecular weight excluding hydrogens is 314 g/mol. The first kappa shape index (κ1) is 17.3. The molecule has 0 N–H and O–H groups in total. The molecule has 0 bridgehead atoms. The zero-order chi connectivity index (χ0) is 17.8. The number of hydrogen-bond acceptors (Lipinski definition) is 4. The quantitative estimate of drug-likeness (QED) is 0.859. The number of piperazine rings is 1. The molecule has 0 saturated carbocycles. The van der Waals surface area contributed by atoms with Gasteiger partial charge in [-0.05, 0) is 56.2 Å². The van der Waals surface area contributed by atoms with Gasteiger partial charge in [-0.3, -0.25) is 4.79 Å². The minimum Gasteiger partial charge on any atom is -0.481 e. The molecule has 1 amide bonds. The number of carbonyl (C=O) groups is 1. The SMILES string of the molecule is Cc1ccc(O[C@@H](C)C(=O)N2CCN(c3ccccn3)CC2)cc1C. The van der Waals surface area contributed by atoms with Gasteiger partial charge in [0.2, 0.25) is 0 Å². The lowest BCUT2D eigenvalue weighted by atomic mass is 10.1. The molecule has 1 atom stereocenters. The monoisotopic (exact) mass is 339 g/mol. The summed E-state index contributed by atoms with van der Waals surface area (Å²) in [4.78, 5) is 21.1. The van der Waals surface area contributed by atoms with Crippen molar-refractivity contribution in [3.05, 3.63) is 53.7 Å². The van der Waals surface area contributed by atoms with Crippen molar-refractivity contribution in [3.8, 4) is 5.75 Å². The maximum absolute atomic E-state index is 12.7. The van der Waals surface area contributed by atoms with E-state index < -0.39 is 6.10 Å². The fourth-order valence-electron chi connectivity index (χ4n) is 3.00. The van der Waals surface area contributed by atoms with E-state index >= 15 is 0 Å². The maximum Gasteiger partial charge on any atom is 0.263 e. The predicted molar refractivity (Wildman–Crippen MR) is 99.0 cm³/mol. The molecule has 0 spiro atoms. The summed E-state index contributed by atoms with van der Waals surface area (Å²) in [6, 6.07) is 11.8. The molecule has 132 valence electrons. The van der Waals surface area contributed by atoms with Crippen LogP contribution in [0.1, 0.15) is 18.1 Å². The van der Waals surface area contributed by atoms with Crippen molar-refractivity contribution < 1.29 is 9.53 Å². The van der Waals surface area contributed by atoms with Crippen molar-refractivity contribution in [2.45, 2.75) is 26.9 Å². The van der Waals surface area contributed by atoms with Crippen LogP contribution in [0, 0.1) is 13.8 Å². The van der Waals surface area contributed by atoms with Crippen molar-refractivity contribution in [2.75, 3.05) is 31.1 Å². The van der Waals surface area contributed by atoms with E-state index in [9.17, 15) is 4.79 Å². The highest BCUT2D eigenvalue weighted by Gasteiger charge is 2.26. The van der Waals surface area contributed by atoms with E-state index in [1.54, 1.807) is 6.20 Å². The van der Waals surface area contributed by atoms with Crippen molar-refractivity contribution >= 4 is 11.7 Å². The van der Waals surface area contributed by atoms with Crippen LogP contribution in [0.15, 0.2) is 42.6 Å². The number of rotatable bonds is 4. The third-order valence-electron chi connectivity index (χ3n) is 4.70. The van der Waals surface area contributed by atoms with Crippen LogP contribution in [0.2, 0.25) is 0 Å². The lowest BCUT2D eigenvalue weighted by Gasteiger charge is -2.36. The Morgan fingerprint density at radius 2 is 1.84 bits per heavy atom. The maximum atomic E-state index is 12.7. The zero-order valence-corrected chi connectivity index (χ0v) is 15.1. The highest BCUT2D eigenvalue weighted by molar-refractivity contribution is 5.81. The summed E-state index contributed by atoms with van der Waals surface area (Å²) in [7, 11) is 0. The molecule has 1 aliphatic rings. The fraction of sp³-hybridized carbons (Fsp3) is 0.400. The summed E-state index contributed by atoms with van der Waals surface area (Å²) in [6.45, 7) is 8.90. The molecule has 2 aromatic rings. The van der Waals surface area contributed by atoms with Gasteiger partial charge in [-0.15, -0.1) is 0 Å². The summed E-state index contributed by atoms with van der Waals surface area (Å²) in [6.07, 6.45) is 1.32. The van der Waals surface area contributed by atoms with Gasteiger partial charge < -0.3 is 14.5 Å². The van der Waals surface area contributed by atoms with Gasteiger partial charge in [0.05, 0.1) is 0 Å². The molecule has 1 fully saturated rings. The van der Waals surface area contributed by atoms with Crippen molar-refractivity contribution in [2.24, 2.45) is 0 Å². The van der Waals surface area contributed by atoms with Crippen LogP contribution in [-0.4, -0.2) is 48.1 Å². The van der Waals surface area contributed by atoms with Crippen LogP contribution in [-0.2, 0) is 4.79 Å². The first-order valence-electron chi connectivity index (χ1n) is 8.73. The van der Waals surface area contributed by atoms with Gasteiger partial charge in [-0.2, -0.15) is 0 Å². The Morgan fingerprint density at radius 3 is 2.48 bits per heavy atom. The number of aromatic nitrogens is 1. The number of pyridine rings is 1. The second kappa shape index (κ2) is 7.55. The van der Waals surface area contributed by atoms with Crippen molar-refractivity contribution in [1.82, 2.24) is 9.88 Å². The van der Waals surface area contributed by atoms with E-state index in [4.69, 9.17) is 4.74 Å². The minimum absolute atomic E-state index is 0.0406. The lowest BCUT2D eigenvalue weighted by Crippen LogP contribution is -2.52. The molecule has 1 aliphatic heterocycles. The Balaban J connectivity index is 1.55. The second-order valence-electron chi connectivity index (χ2n) is 6.51. The molecule has 2 heterocycles. The summed E-state index contributed by atoms with van der Waals surface area (Å²) >= 11 is 0. The van der Waals surface area contributed by atoms with E-state index in [2.05, 4.69) is 16.8 Å². The third kappa shape index (κ3) is 4.10. The zero-order valence-electron chi connectivity index (χ0n) is 15.1. The smallest absolute Gasteiger partial charge is 0.263 e. The van der Waals surface area contributed by atoms with E-state index in [0.29, 0.717) is 13.1 Å². The Kier molecular flexibility index (Phi) is 5.22. The van der Waals surface area contributed by atoms with Gasteiger partial charge in [0.1, 0.15) is 11.6 Å². The van der Waals surface area contributed by atoms with E-state index in [1.807, 2.05) is 55.1 Å². The summed E-state index contributed by atoms with van der Waals surface area (Å²) < 4.78 is 5.86. The van der Waals surface area contributed by atoms with Crippen LogP contribution < -0.4 is 9.64 Å². The van der Waals surface area contributed by atoms with Gasteiger partial charge >= 0.3 is 0 Å². The second-order valence-corrected chi connectivity index (χ2v) is 6.51. The number of hydrogen-bond donors (Lipinski definition) is 0. The van der Waals surface area contributed by atoms with Crippen LogP contribution in [0.5, 0.6) is 5.75 Å². The average Bonchev–Trinajstić information content (AvgIpc) is 2.65. The van der Waals surface area contributed by atoms with Gasteiger partial charge in [0, 0.05) is 32.4 Å². The molecule has 1 saturated heterocycles. The predicted octanol–water partition coefficient (Wildman–Crippen LogP) is 2.81. The molecule has 5 heteroatoms. The Bertz CT molecular complexity index is 725. The Labute approximate surface area is 149 Å². The molecule has 25 heavy (non-hydrogen) atoms. The Morgan fingerprint density at radius 1 is 1.08 bits per heavy atom. The first-order chi connectivity index (χ1) is 12.0. The minimum atomic E-state index is -0.483. The van der Waals surface area contributed by atoms with Crippen molar-refractivity contribution in [1.29, 1.82) is 0 Å². The highest BCUT2D eigenvalue weighted by Crippen LogP contribution is 2.19. The van der Waals surface area contributed by atoms with Gasteiger partial charge in [-0.25, -0.2) is 4.98 Å². The molecule has 1 aromatic carbocycles. The van der Waals surface area contributed by atoms with Crippen LogP contribution in [0.25, 0.3) is 0 Å². The largest absolute Gasteiger partial charge is 0.481 e. The summed E-state index contributed by atoms with van der Waals surface area (Å²) in [5.74, 6) is 1.75. The normalized spacial score (nSPS) is 15.8. The van der Waals surface area contributed by atoms with Gasteiger partial charge in [0.15, 0.2) is 6.10 Å². The molecule has 1 aromatic heterocycles. The Hall–Kier alpha value is -2.56. The molecule has 0 unspecified atom stereocenters. The first-order valence-corrected chi connectivity index (χ1v) is 8.73. The lowest BCUT2D eigenvalue weighted by molar-refractivity contribution is -0.138. The summed E-state index contributed by atoms with van der Waals surface area (Å²) in [5, 5.41) is 0. The molecule has 0 radical (unpaired) electrons. The van der Waals surface area contributed by atoms with E-state index in [0.717, 1.165) is 24.7 Å². The van der Waals surface area contributed by atoms with E-state index in [1.165, 1.54) is 11.1 Å². The molecule has 0 aliphatic carbocycles. The number of amides is 1. The van der Waals surface area contributed by atoms with Crippen molar-refractivity contribution in [3.63, 3.8) is 0 Å². The topological polar surface area (TPSA) is 45.7 Å². The fourth-order valence-corrected chi connectivity index (χ4v) is 3.00. The average molecular weight is 339 g/mol. The van der Waals surface area contributed by atoms with Crippen LogP contribution in [0.3, 0.4) is 0 Å².